The van der Waals surface area contributed by atoms with Crippen LogP contribution in [0, 0.1) is 11.6 Å². The van der Waals surface area contributed by atoms with Crippen molar-refractivity contribution < 1.29 is 8.78 Å². The van der Waals surface area contributed by atoms with Gasteiger partial charge in [0.05, 0.1) is 11.4 Å². The third-order valence-electron chi connectivity index (χ3n) is 3.09. The van der Waals surface area contributed by atoms with Crippen LogP contribution >= 0.6 is 0 Å². The van der Waals surface area contributed by atoms with Crippen molar-refractivity contribution in [2.75, 3.05) is 17.7 Å². The zero-order valence-electron chi connectivity index (χ0n) is 12.2. The second kappa shape index (κ2) is 6.35. The number of benzene rings is 1. The fourth-order valence-corrected chi connectivity index (χ4v) is 2.01. The van der Waals surface area contributed by atoms with E-state index in [0.717, 1.165) is 0 Å². The van der Waals surface area contributed by atoms with Crippen LogP contribution in [0.5, 0.6) is 0 Å². The topological polar surface area (TPSA) is 62.7 Å². The van der Waals surface area contributed by atoms with E-state index in [1.54, 1.807) is 31.4 Å². The lowest BCUT2D eigenvalue weighted by molar-refractivity contribution is 0.590. The molecular weight excluding hydrogens is 300 g/mol. The summed E-state index contributed by atoms with van der Waals surface area (Å²) in [5.74, 6) is -0.829. The molecule has 23 heavy (non-hydrogen) atoms. The summed E-state index contributed by atoms with van der Waals surface area (Å²) in [4.78, 5) is 12.7. The van der Waals surface area contributed by atoms with E-state index < -0.39 is 11.6 Å². The van der Waals surface area contributed by atoms with E-state index in [1.807, 2.05) is 6.07 Å². The van der Waals surface area contributed by atoms with Gasteiger partial charge in [0.1, 0.15) is 23.1 Å². The summed E-state index contributed by atoms with van der Waals surface area (Å²) < 4.78 is 27.5. The number of hydrogen-bond acceptors (Lipinski definition) is 5. The molecule has 1 aromatic carbocycles. The molecule has 0 aliphatic carbocycles. The third kappa shape index (κ3) is 3.23. The molecule has 0 unspecified atom stereocenters. The number of para-hydroxylation sites is 1. The van der Waals surface area contributed by atoms with Crippen LogP contribution in [0.1, 0.15) is 0 Å². The second-order valence-electron chi connectivity index (χ2n) is 4.65. The number of hydrogen-bond donors (Lipinski definition) is 2. The molecule has 7 heteroatoms. The van der Waals surface area contributed by atoms with E-state index in [-0.39, 0.29) is 11.5 Å². The SMILES string of the molecule is CNc1nc(Nc2c(F)cccc2F)cc(-c2ccccn2)n1. The smallest absolute Gasteiger partial charge is 0.225 e. The number of nitrogens with one attached hydrogen (secondary N) is 2. The monoisotopic (exact) mass is 313 g/mol. The van der Waals surface area contributed by atoms with Gasteiger partial charge in [0.2, 0.25) is 5.95 Å². The summed E-state index contributed by atoms with van der Waals surface area (Å²) in [6, 6.07) is 10.6. The lowest BCUT2D eigenvalue weighted by atomic mass is 10.2. The molecule has 3 rings (SSSR count). The predicted octanol–water partition coefficient (Wildman–Crippen LogP) is 3.60. The van der Waals surface area contributed by atoms with Crippen molar-refractivity contribution >= 4 is 17.5 Å². The zero-order chi connectivity index (χ0) is 16.2. The number of pyridine rings is 1. The van der Waals surface area contributed by atoms with E-state index in [0.29, 0.717) is 17.3 Å². The van der Waals surface area contributed by atoms with Crippen molar-refractivity contribution in [1.82, 2.24) is 15.0 Å². The quantitative estimate of drug-likeness (QED) is 0.770. The number of halogens is 2. The molecule has 0 radical (unpaired) electrons. The zero-order valence-corrected chi connectivity index (χ0v) is 12.2. The van der Waals surface area contributed by atoms with Crippen LogP contribution < -0.4 is 10.6 Å². The highest BCUT2D eigenvalue weighted by atomic mass is 19.1. The summed E-state index contributed by atoms with van der Waals surface area (Å²) in [6.07, 6.45) is 1.64. The molecule has 0 amide bonds. The number of rotatable bonds is 4. The van der Waals surface area contributed by atoms with Gasteiger partial charge in [-0.2, -0.15) is 4.98 Å². The van der Waals surface area contributed by atoms with Gasteiger partial charge in [-0.05, 0) is 24.3 Å². The van der Waals surface area contributed by atoms with Gasteiger partial charge < -0.3 is 10.6 Å². The van der Waals surface area contributed by atoms with Crippen molar-refractivity contribution in [3.63, 3.8) is 0 Å². The van der Waals surface area contributed by atoms with Gasteiger partial charge >= 0.3 is 0 Å². The van der Waals surface area contributed by atoms with E-state index in [4.69, 9.17) is 0 Å². The number of aromatic nitrogens is 3. The Kier molecular flexibility index (Phi) is 4.09. The fraction of sp³-hybridized carbons (Fsp3) is 0.0625. The Morgan fingerprint density at radius 3 is 2.35 bits per heavy atom. The summed E-state index contributed by atoms with van der Waals surface area (Å²) in [5.41, 5.74) is 0.896. The van der Waals surface area contributed by atoms with Crippen LogP contribution in [0.25, 0.3) is 11.4 Å². The Bertz CT molecular complexity index is 804. The molecule has 2 aromatic heterocycles. The average molecular weight is 313 g/mol. The Balaban J connectivity index is 2.03. The standard InChI is InChI=1S/C16H13F2N5/c1-19-16-21-13(12-7-2-3-8-20-12)9-14(23-16)22-15-10(17)5-4-6-11(15)18/h2-9H,1H3,(H2,19,21,22,23). The first kappa shape index (κ1) is 14.8. The third-order valence-corrected chi connectivity index (χ3v) is 3.09. The van der Waals surface area contributed by atoms with Gasteiger partial charge in [-0.15, -0.1) is 0 Å². The van der Waals surface area contributed by atoms with E-state index >= 15 is 0 Å². The average Bonchev–Trinajstić information content (AvgIpc) is 2.59. The maximum Gasteiger partial charge on any atom is 0.225 e. The fourth-order valence-electron chi connectivity index (χ4n) is 2.01. The van der Waals surface area contributed by atoms with Crippen molar-refractivity contribution in [3.8, 4) is 11.4 Å². The first-order valence-electron chi connectivity index (χ1n) is 6.86. The first-order valence-corrected chi connectivity index (χ1v) is 6.86. The van der Waals surface area contributed by atoms with Gasteiger partial charge in [0.15, 0.2) is 0 Å². The highest BCUT2D eigenvalue weighted by molar-refractivity contribution is 5.65. The summed E-state index contributed by atoms with van der Waals surface area (Å²) >= 11 is 0. The molecule has 0 aliphatic rings. The lowest BCUT2D eigenvalue weighted by Gasteiger charge is -2.11. The van der Waals surface area contributed by atoms with Gasteiger partial charge in [-0.25, -0.2) is 13.8 Å². The molecule has 3 aromatic rings. The first-order chi connectivity index (χ1) is 11.2. The van der Waals surface area contributed by atoms with Gasteiger partial charge in [0.25, 0.3) is 0 Å². The Labute approximate surface area is 131 Å². The van der Waals surface area contributed by atoms with Crippen LogP contribution in [0.2, 0.25) is 0 Å². The molecule has 2 heterocycles. The predicted molar refractivity (Wildman–Crippen MR) is 84.5 cm³/mol. The summed E-state index contributed by atoms with van der Waals surface area (Å²) in [6.45, 7) is 0. The second-order valence-corrected chi connectivity index (χ2v) is 4.65. The summed E-state index contributed by atoms with van der Waals surface area (Å²) in [5, 5.41) is 5.47. The lowest BCUT2D eigenvalue weighted by Crippen LogP contribution is -2.04. The molecule has 5 nitrogen and oxygen atoms in total. The summed E-state index contributed by atoms with van der Waals surface area (Å²) in [7, 11) is 1.66. The number of nitrogens with zero attached hydrogens (tertiary/aromatic N) is 3. The molecule has 0 saturated heterocycles. The van der Waals surface area contributed by atoms with Crippen molar-refractivity contribution in [3.05, 3.63) is 60.3 Å². The molecule has 0 aliphatic heterocycles. The maximum absolute atomic E-state index is 13.8. The minimum absolute atomic E-state index is 0.258. The van der Waals surface area contributed by atoms with Crippen molar-refractivity contribution in [2.45, 2.75) is 0 Å². The largest absolute Gasteiger partial charge is 0.357 e. The van der Waals surface area contributed by atoms with Gasteiger partial charge in [-0.3, -0.25) is 4.98 Å². The Morgan fingerprint density at radius 2 is 1.70 bits per heavy atom. The van der Waals surface area contributed by atoms with Crippen LogP contribution in [-0.2, 0) is 0 Å². The maximum atomic E-state index is 13.8. The van der Waals surface area contributed by atoms with Crippen LogP contribution in [0.15, 0.2) is 48.7 Å². The van der Waals surface area contributed by atoms with Crippen LogP contribution in [0.4, 0.5) is 26.2 Å². The molecule has 0 fully saturated rings. The molecule has 2 N–H and O–H groups in total. The molecule has 0 bridgehead atoms. The Hall–Kier alpha value is -3.09. The van der Waals surface area contributed by atoms with E-state index in [1.165, 1.54) is 18.2 Å². The van der Waals surface area contributed by atoms with E-state index in [9.17, 15) is 8.78 Å². The molecule has 0 spiro atoms. The minimum Gasteiger partial charge on any atom is -0.357 e. The molecule has 116 valence electrons. The molecular formula is C16H13F2N5. The minimum atomic E-state index is -0.700. The molecule has 0 atom stereocenters. The van der Waals surface area contributed by atoms with Gasteiger partial charge in [-0.1, -0.05) is 12.1 Å². The van der Waals surface area contributed by atoms with E-state index in [2.05, 4.69) is 25.6 Å². The normalized spacial score (nSPS) is 10.4. The highest BCUT2D eigenvalue weighted by Gasteiger charge is 2.12. The highest BCUT2D eigenvalue weighted by Crippen LogP contribution is 2.25. The Morgan fingerprint density at radius 1 is 0.913 bits per heavy atom. The van der Waals surface area contributed by atoms with Crippen LogP contribution in [-0.4, -0.2) is 22.0 Å². The van der Waals surface area contributed by atoms with Gasteiger partial charge in [0, 0.05) is 19.3 Å². The molecule has 0 saturated carbocycles. The van der Waals surface area contributed by atoms with Crippen LogP contribution in [0.3, 0.4) is 0 Å². The van der Waals surface area contributed by atoms with Crippen molar-refractivity contribution in [1.29, 1.82) is 0 Å². The number of anilines is 3. The van der Waals surface area contributed by atoms with Crippen molar-refractivity contribution in [2.24, 2.45) is 0 Å².